The number of nitrogens with zero attached hydrogens (tertiary/aromatic N) is 4. The molecule has 9 nitrogen and oxygen atoms in total. The molecule has 1 aromatic heterocycles. The Hall–Kier alpha value is -5.12. The Balaban J connectivity index is 1.48. The summed E-state index contributed by atoms with van der Waals surface area (Å²) in [6.07, 6.45) is 1.55. The number of hydrogen-bond acceptors (Lipinski definition) is 5. The molecule has 1 saturated heterocycles. The third kappa shape index (κ3) is 4.96. The highest BCUT2D eigenvalue weighted by molar-refractivity contribution is 6.02. The van der Waals surface area contributed by atoms with Gasteiger partial charge < -0.3 is 24.3 Å². The lowest BCUT2D eigenvalue weighted by molar-refractivity contribution is -0.138. The molecule has 6 rings (SSSR count). The van der Waals surface area contributed by atoms with Crippen LogP contribution in [-0.2, 0) is 20.9 Å². The Morgan fingerprint density at radius 2 is 1.84 bits per heavy atom. The highest BCUT2D eigenvalue weighted by atomic mass is 16.5. The van der Waals surface area contributed by atoms with E-state index in [2.05, 4.69) is 16.2 Å². The molecule has 1 spiro atoms. The van der Waals surface area contributed by atoms with E-state index in [9.17, 15) is 14.9 Å². The minimum atomic E-state index is -0.962. The highest BCUT2D eigenvalue weighted by Gasteiger charge is 2.51. The average molecular weight is 588 g/mol. The number of fused-ring (bicyclic) bond motifs is 2. The first kappa shape index (κ1) is 29.0. The molecule has 0 radical (unpaired) electrons. The van der Waals surface area contributed by atoms with Crippen LogP contribution in [-0.4, -0.2) is 41.2 Å². The van der Waals surface area contributed by atoms with Gasteiger partial charge in [0.2, 0.25) is 11.6 Å². The zero-order valence-corrected chi connectivity index (χ0v) is 24.7. The minimum absolute atomic E-state index is 0.179. The standard InChI is InChI=1S/C35H33N5O4/c1-4-23(2)33(41)38-32-34(42)39(30-13-7-8-15-31(30)44-35(32)16-18-43-19-17-35)22-24-10-9-14-28-26(24)20-25(21-36)40(28)29-12-6-5-11-27(29)37-3/h5-15,20,23,32H,4,16-19,22H2,1-2H3,(H,38,41)/t23-,32-/m1/s1. The Kier molecular flexibility index (Phi) is 7.82. The molecule has 0 bridgehead atoms. The van der Waals surface area contributed by atoms with Gasteiger partial charge in [0.05, 0.1) is 43.2 Å². The fraction of sp³-hybridized carbons (Fsp3) is 0.314. The van der Waals surface area contributed by atoms with Crippen molar-refractivity contribution in [3.05, 3.63) is 95.5 Å². The lowest BCUT2D eigenvalue weighted by Crippen LogP contribution is -2.64. The van der Waals surface area contributed by atoms with Crippen LogP contribution in [0, 0.1) is 23.8 Å². The lowest BCUT2D eigenvalue weighted by Gasteiger charge is -2.41. The summed E-state index contributed by atoms with van der Waals surface area (Å²) in [6.45, 7) is 12.5. The second-order valence-electron chi connectivity index (χ2n) is 11.3. The zero-order chi connectivity index (χ0) is 30.8. The number of rotatable bonds is 6. The number of nitriles is 1. The second kappa shape index (κ2) is 11.9. The predicted octanol–water partition coefficient (Wildman–Crippen LogP) is 6.06. The second-order valence-corrected chi connectivity index (χ2v) is 11.3. The zero-order valence-electron chi connectivity index (χ0n) is 24.7. The quantitative estimate of drug-likeness (QED) is 0.277. The molecule has 0 unspecified atom stereocenters. The van der Waals surface area contributed by atoms with Crippen molar-refractivity contribution < 1.29 is 19.1 Å². The van der Waals surface area contributed by atoms with Gasteiger partial charge in [-0.3, -0.25) is 9.59 Å². The number of aromatic nitrogens is 1. The van der Waals surface area contributed by atoms with Crippen molar-refractivity contribution >= 4 is 34.1 Å². The molecular weight excluding hydrogens is 554 g/mol. The van der Waals surface area contributed by atoms with Crippen LogP contribution in [0.4, 0.5) is 11.4 Å². The number of carbonyl (C=O) groups excluding carboxylic acids is 2. The minimum Gasteiger partial charge on any atom is -0.482 e. The first-order valence-corrected chi connectivity index (χ1v) is 14.9. The van der Waals surface area contributed by atoms with Crippen molar-refractivity contribution in [2.75, 3.05) is 18.1 Å². The monoisotopic (exact) mass is 587 g/mol. The van der Waals surface area contributed by atoms with Crippen LogP contribution < -0.4 is 15.0 Å². The van der Waals surface area contributed by atoms with E-state index < -0.39 is 11.6 Å². The molecule has 4 aromatic rings. The van der Waals surface area contributed by atoms with Crippen molar-refractivity contribution in [1.29, 1.82) is 5.26 Å². The van der Waals surface area contributed by atoms with Gasteiger partial charge in [-0.05, 0) is 42.3 Å². The van der Waals surface area contributed by atoms with Gasteiger partial charge in [0, 0.05) is 24.1 Å². The summed E-state index contributed by atoms with van der Waals surface area (Å²) in [5.74, 6) is -0.155. The van der Waals surface area contributed by atoms with E-state index in [-0.39, 0.29) is 24.3 Å². The Morgan fingerprint density at radius 3 is 2.57 bits per heavy atom. The molecule has 2 aliphatic rings. The Bertz CT molecular complexity index is 1820. The molecule has 3 aromatic carbocycles. The maximum absolute atomic E-state index is 14.7. The summed E-state index contributed by atoms with van der Waals surface area (Å²) in [5, 5.41) is 14.0. The number of para-hydroxylation sites is 4. The van der Waals surface area contributed by atoms with Gasteiger partial charge in [-0.1, -0.05) is 56.3 Å². The van der Waals surface area contributed by atoms with E-state index in [0.717, 1.165) is 16.5 Å². The number of amides is 2. The predicted molar refractivity (Wildman–Crippen MR) is 167 cm³/mol. The maximum atomic E-state index is 14.7. The molecule has 44 heavy (non-hydrogen) atoms. The number of benzene rings is 3. The number of ether oxygens (including phenoxy) is 2. The van der Waals surface area contributed by atoms with E-state index in [1.54, 1.807) is 27.7 Å². The van der Waals surface area contributed by atoms with Crippen LogP contribution in [0.15, 0.2) is 72.8 Å². The average Bonchev–Trinajstić information content (AvgIpc) is 3.42. The Morgan fingerprint density at radius 1 is 1.11 bits per heavy atom. The van der Waals surface area contributed by atoms with Gasteiger partial charge in [-0.15, -0.1) is 0 Å². The van der Waals surface area contributed by atoms with Crippen LogP contribution >= 0.6 is 0 Å². The summed E-state index contributed by atoms with van der Waals surface area (Å²) >= 11 is 0. The molecule has 222 valence electrons. The molecule has 0 saturated carbocycles. The van der Waals surface area contributed by atoms with Gasteiger partial charge >= 0.3 is 0 Å². The van der Waals surface area contributed by atoms with Gasteiger partial charge in [0.25, 0.3) is 5.91 Å². The maximum Gasteiger partial charge on any atom is 0.254 e. The van der Waals surface area contributed by atoms with Crippen LogP contribution in [0.5, 0.6) is 5.75 Å². The number of hydrogen-bond donors (Lipinski definition) is 1. The molecule has 2 atom stereocenters. The molecule has 0 aliphatic carbocycles. The van der Waals surface area contributed by atoms with Crippen molar-refractivity contribution in [3.63, 3.8) is 0 Å². The van der Waals surface area contributed by atoms with Crippen molar-refractivity contribution in [3.8, 4) is 17.5 Å². The van der Waals surface area contributed by atoms with E-state index in [1.165, 1.54) is 0 Å². The van der Waals surface area contributed by atoms with Gasteiger partial charge in [-0.2, -0.15) is 5.26 Å². The first-order valence-electron chi connectivity index (χ1n) is 14.9. The number of carbonyl (C=O) groups is 2. The van der Waals surface area contributed by atoms with Crippen LogP contribution in [0.25, 0.3) is 21.4 Å². The highest BCUT2D eigenvalue weighted by Crippen LogP contribution is 2.42. The SMILES string of the molecule is [C-]#[N+]c1ccccc1-n1c(C#N)cc2c(CN3C(=O)[C@@H](NC(=O)[C@H](C)CC)C4(CCOCC4)Oc4ccccc43)cccc21. The molecule has 9 heteroatoms. The molecule has 1 fully saturated rings. The topological polar surface area (TPSA) is 101 Å². The lowest BCUT2D eigenvalue weighted by atomic mass is 9.84. The molecule has 3 heterocycles. The number of nitrogens with one attached hydrogen (secondary N) is 1. The smallest absolute Gasteiger partial charge is 0.254 e. The van der Waals surface area contributed by atoms with E-state index in [0.29, 0.717) is 61.0 Å². The third-order valence-corrected chi connectivity index (χ3v) is 8.82. The summed E-state index contributed by atoms with van der Waals surface area (Å²) in [5.41, 5.74) is 2.65. The number of anilines is 1. The molecule has 2 aliphatic heterocycles. The summed E-state index contributed by atoms with van der Waals surface area (Å²) in [4.78, 5) is 33.3. The van der Waals surface area contributed by atoms with Gasteiger partial charge in [-0.25, -0.2) is 4.85 Å². The molecule has 2 amide bonds. The van der Waals surface area contributed by atoms with Crippen LogP contribution in [0.2, 0.25) is 0 Å². The van der Waals surface area contributed by atoms with Crippen molar-refractivity contribution in [1.82, 2.24) is 9.88 Å². The van der Waals surface area contributed by atoms with E-state index in [1.807, 2.05) is 68.4 Å². The summed E-state index contributed by atoms with van der Waals surface area (Å²) < 4.78 is 14.2. The van der Waals surface area contributed by atoms with Crippen molar-refractivity contribution in [2.45, 2.75) is 51.3 Å². The summed E-state index contributed by atoms with van der Waals surface area (Å²) in [6, 6.07) is 23.5. The molecular formula is C35H33N5O4. The van der Waals surface area contributed by atoms with E-state index in [4.69, 9.17) is 16.0 Å². The summed E-state index contributed by atoms with van der Waals surface area (Å²) in [7, 11) is 0. The van der Waals surface area contributed by atoms with Crippen LogP contribution in [0.1, 0.15) is 44.4 Å². The van der Waals surface area contributed by atoms with E-state index >= 15 is 0 Å². The Labute approximate surface area is 256 Å². The van der Waals surface area contributed by atoms with Gasteiger partial charge in [0.1, 0.15) is 29.2 Å². The van der Waals surface area contributed by atoms with Crippen LogP contribution in [0.3, 0.4) is 0 Å². The first-order chi connectivity index (χ1) is 21.4. The fourth-order valence-corrected chi connectivity index (χ4v) is 6.17. The largest absolute Gasteiger partial charge is 0.482 e. The fourth-order valence-electron chi connectivity index (χ4n) is 6.17. The normalized spacial score (nSPS) is 18.0. The third-order valence-electron chi connectivity index (χ3n) is 8.82. The molecule has 1 N–H and O–H groups in total. The van der Waals surface area contributed by atoms with Gasteiger partial charge in [0.15, 0.2) is 0 Å². The van der Waals surface area contributed by atoms with Crippen molar-refractivity contribution in [2.24, 2.45) is 5.92 Å².